The molecule has 2 amide bonds. The minimum atomic E-state index is -0.530. The van der Waals surface area contributed by atoms with Gasteiger partial charge in [-0.25, -0.2) is 0 Å². The third-order valence-electron chi connectivity index (χ3n) is 1.56. The van der Waals surface area contributed by atoms with Crippen LogP contribution in [0.1, 0.15) is 34.5 Å². The molecule has 0 saturated heterocycles. The summed E-state index contributed by atoms with van der Waals surface area (Å²) >= 11 is 0. The zero-order valence-corrected chi connectivity index (χ0v) is 8.35. The molecule has 0 unspecified atom stereocenters. The van der Waals surface area contributed by atoms with E-state index < -0.39 is 11.8 Å². The molecular weight excluding hydrogens is 168 g/mol. The molecule has 0 atom stereocenters. The predicted molar refractivity (Wildman–Crippen MR) is 53.3 cm³/mol. The molecule has 0 aromatic carbocycles. The van der Waals surface area contributed by atoms with Crippen molar-refractivity contribution in [1.82, 2.24) is 10.6 Å². The van der Waals surface area contributed by atoms with Crippen LogP contribution in [-0.4, -0.2) is 24.9 Å². The van der Waals surface area contributed by atoms with Crippen molar-refractivity contribution >= 4 is 11.8 Å². The molecule has 0 aliphatic heterocycles. The third kappa shape index (κ3) is 6.13. The Bertz CT molecular complexity index is 174. The standard InChI is InChI=1S/C9H18N2O2.H2/c1-3-5-7-11-9(13)8(12)10-6-4-2;/h3-7H2,1-2H3,(H,10,12)(H,11,13);1H. The van der Waals surface area contributed by atoms with E-state index in [0.29, 0.717) is 13.1 Å². The van der Waals surface area contributed by atoms with E-state index in [1.165, 1.54) is 0 Å². The van der Waals surface area contributed by atoms with Crippen LogP contribution in [0.4, 0.5) is 0 Å². The second-order valence-electron chi connectivity index (χ2n) is 2.87. The van der Waals surface area contributed by atoms with Crippen LogP contribution in [0.5, 0.6) is 0 Å². The molecular formula is C9H20N2O2. The second kappa shape index (κ2) is 7.58. The van der Waals surface area contributed by atoms with Gasteiger partial charge in [-0.05, 0) is 12.8 Å². The molecule has 0 saturated carbocycles. The van der Waals surface area contributed by atoms with Gasteiger partial charge in [0.2, 0.25) is 0 Å². The van der Waals surface area contributed by atoms with Crippen LogP contribution in [0.2, 0.25) is 0 Å². The highest BCUT2D eigenvalue weighted by molar-refractivity contribution is 6.35. The smallest absolute Gasteiger partial charge is 0.309 e. The molecule has 0 fully saturated rings. The topological polar surface area (TPSA) is 58.2 Å². The Morgan fingerprint density at radius 3 is 2.00 bits per heavy atom. The maximum Gasteiger partial charge on any atom is 0.309 e. The van der Waals surface area contributed by atoms with Gasteiger partial charge in [0.05, 0.1) is 0 Å². The van der Waals surface area contributed by atoms with Crippen LogP contribution in [0, 0.1) is 0 Å². The molecule has 0 spiro atoms. The first-order valence-corrected chi connectivity index (χ1v) is 4.78. The molecule has 4 heteroatoms. The highest BCUT2D eigenvalue weighted by Crippen LogP contribution is 1.82. The first kappa shape index (κ1) is 11.9. The molecule has 0 aromatic heterocycles. The van der Waals surface area contributed by atoms with E-state index in [4.69, 9.17) is 0 Å². The Morgan fingerprint density at radius 2 is 1.54 bits per heavy atom. The summed E-state index contributed by atoms with van der Waals surface area (Å²) in [5.41, 5.74) is 0. The third-order valence-corrected chi connectivity index (χ3v) is 1.56. The van der Waals surface area contributed by atoms with Crippen molar-refractivity contribution in [2.24, 2.45) is 0 Å². The summed E-state index contributed by atoms with van der Waals surface area (Å²) in [6.07, 6.45) is 2.76. The van der Waals surface area contributed by atoms with Crippen molar-refractivity contribution in [3.8, 4) is 0 Å². The Labute approximate surface area is 80.6 Å². The van der Waals surface area contributed by atoms with Crippen molar-refractivity contribution in [2.45, 2.75) is 33.1 Å². The zero-order valence-electron chi connectivity index (χ0n) is 8.35. The highest BCUT2D eigenvalue weighted by atomic mass is 16.2. The number of unbranched alkanes of at least 4 members (excludes halogenated alkanes) is 1. The average Bonchev–Trinajstić information content (AvgIpc) is 2.14. The predicted octanol–water partition coefficient (Wildman–Crippen LogP) is 0.675. The SMILES string of the molecule is CCCCNC(=O)C(=O)NCCC.[HH]. The van der Waals surface area contributed by atoms with Crippen molar-refractivity contribution in [2.75, 3.05) is 13.1 Å². The number of carbonyl (C=O) groups excluding carboxylic acids is 2. The van der Waals surface area contributed by atoms with Gasteiger partial charge in [-0.1, -0.05) is 20.3 Å². The quantitative estimate of drug-likeness (QED) is 0.492. The van der Waals surface area contributed by atoms with Gasteiger partial charge in [-0.3, -0.25) is 9.59 Å². The van der Waals surface area contributed by atoms with Crippen LogP contribution >= 0.6 is 0 Å². The summed E-state index contributed by atoms with van der Waals surface area (Å²) in [5, 5.41) is 5.05. The largest absolute Gasteiger partial charge is 0.348 e. The summed E-state index contributed by atoms with van der Waals surface area (Å²) < 4.78 is 0. The Balaban J connectivity index is 0. The van der Waals surface area contributed by atoms with Crippen molar-refractivity contribution < 1.29 is 11.0 Å². The van der Waals surface area contributed by atoms with E-state index in [9.17, 15) is 9.59 Å². The first-order chi connectivity index (χ1) is 6.22. The summed E-state index contributed by atoms with van der Waals surface area (Å²) in [6.45, 7) is 5.10. The monoisotopic (exact) mass is 188 g/mol. The maximum atomic E-state index is 11.0. The molecule has 0 aliphatic rings. The molecule has 0 bridgehead atoms. The lowest BCUT2D eigenvalue weighted by Crippen LogP contribution is -2.40. The van der Waals surface area contributed by atoms with Gasteiger partial charge in [-0.15, -0.1) is 0 Å². The van der Waals surface area contributed by atoms with E-state index in [1.54, 1.807) is 0 Å². The number of amides is 2. The summed E-state index contributed by atoms with van der Waals surface area (Å²) in [5.74, 6) is -1.06. The molecule has 13 heavy (non-hydrogen) atoms. The lowest BCUT2D eigenvalue weighted by Gasteiger charge is -2.04. The number of hydrogen-bond acceptors (Lipinski definition) is 2. The van der Waals surface area contributed by atoms with E-state index >= 15 is 0 Å². The van der Waals surface area contributed by atoms with Crippen LogP contribution in [0.25, 0.3) is 0 Å². The van der Waals surface area contributed by atoms with Crippen LogP contribution in [0.3, 0.4) is 0 Å². The van der Waals surface area contributed by atoms with Gasteiger partial charge >= 0.3 is 11.8 Å². The van der Waals surface area contributed by atoms with Gasteiger partial charge in [0.1, 0.15) is 0 Å². The van der Waals surface area contributed by atoms with E-state index in [2.05, 4.69) is 10.6 Å². The van der Waals surface area contributed by atoms with Crippen molar-refractivity contribution in [1.29, 1.82) is 0 Å². The fourth-order valence-corrected chi connectivity index (χ4v) is 0.778. The average molecular weight is 188 g/mol. The number of hydrogen-bond donors (Lipinski definition) is 2. The number of carbonyl (C=O) groups is 2. The minimum Gasteiger partial charge on any atom is -0.348 e. The maximum absolute atomic E-state index is 11.0. The zero-order chi connectivity index (χ0) is 10.1. The van der Waals surface area contributed by atoms with Gasteiger partial charge in [-0.2, -0.15) is 0 Å². The first-order valence-electron chi connectivity index (χ1n) is 4.78. The summed E-state index contributed by atoms with van der Waals surface area (Å²) in [6, 6.07) is 0. The normalized spacial score (nSPS) is 9.38. The molecule has 0 aromatic rings. The van der Waals surface area contributed by atoms with Gasteiger partial charge < -0.3 is 10.6 Å². The summed E-state index contributed by atoms with van der Waals surface area (Å²) in [4.78, 5) is 22.0. The lowest BCUT2D eigenvalue weighted by molar-refractivity contribution is -0.139. The molecule has 0 radical (unpaired) electrons. The molecule has 0 heterocycles. The lowest BCUT2D eigenvalue weighted by atomic mass is 10.3. The van der Waals surface area contributed by atoms with Crippen LogP contribution in [0.15, 0.2) is 0 Å². The Morgan fingerprint density at radius 1 is 1.00 bits per heavy atom. The van der Waals surface area contributed by atoms with Gasteiger partial charge in [0, 0.05) is 14.5 Å². The number of rotatable bonds is 5. The highest BCUT2D eigenvalue weighted by Gasteiger charge is 2.10. The van der Waals surface area contributed by atoms with Gasteiger partial charge in [0.15, 0.2) is 0 Å². The minimum absolute atomic E-state index is 0. The van der Waals surface area contributed by atoms with E-state index in [-0.39, 0.29) is 1.43 Å². The van der Waals surface area contributed by atoms with E-state index in [0.717, 1.165) is 19.3 Å². The molecule has 0 rings (SSSR count). The fraction of sp³-hybridized carbons (Fsp3) is 0.778. The summed E-state index contributed by atoms with van der Waals surface area (Å²) in [7, 11) is 0. The number of nitrogens with one attached hydrogen (secondary N) is 2. The molecule has 4 nitrogen and oxygen atoms in total. The second-order valence-corrected chi connectivity index (χ2v) is 2.87. The van der Waals surface area contributed by atoms with Crippen LogP contribution in [-0.2, 0) is 9.59 Å². The van der Waals surface area contributed by atoms with E-state index in [1.807, 2.05) is 13.8 Å². The molecule has 78 valence electrons. The molecule has 0 aliphatic carbocycles. The Hall–Kier alpha value is -1.06. The van der Waals surface area contributed by atoms with Crippen molar-refractivity contribution in [3.05, 3.63) is 0 Å². The van der Waals surface area contributed by atoms with Crippen molar-refractivity contribution in [3.63, 3.8) is 0 Å². The fourth-order valence-electron chi connectivity index (χ4n) is 0.778. The van der Waals surface area contributed by atoms with Gasteiger partial charge in [0.25, 0.3) is 0 Å². The Kier molecular flexibility index (Phi) is 6.96. The molecule has 2 N–H and O–H groups in total. The van der Waals surface area contributed by atoms with Crippen LogP contribution < -0.4 is 10.6 Å².